The van der Waals surface area contributed by atoms with Crippen LogP contribution in [0.1, 0.15) is 30.4 Å². The third-order valence-electron chi connectivity index (χ3n) is 8.56. The molecule has 0 spiro atoms. The fourth-order valence-corrected chi connectivity index (χ4v) is 6.26. The average molecular weight is 795 g/mol. The molecule has 3 heterocycles. The van der Waals surface area contributed by atoms with E-state index in [0.717, 1.165) is 55.9 Å². The monoisotopic (exact) mass is 794 g/mol. The zero-order chi connectivity index (χ0) is 33.9. The first kappa shape index (κ1) is 27.2. The molecule has 234 valence electrons. The minimum atomic E-state index is -2.33. The van der Waals surface area contributed by atoms with Gasteiger partial charge in [0.2, 0.25) is 0 Å². The molecule has 5 aromatic carbocycles. The maximum absolute atomic E-state index is 8.15. The fraction of sp³-hybridized carbons (Fsp3) is 0.122. The van der Waals surface area contributed by atoms with Crippen molar-refractivity contribution >= 4 is 49.9 Å². The third-order valence-corrected chi connectivity index (χ3v) is 8.56. The Kier molecular flexibility index (Phi) is 6.92. The molecule has 47 heavy (non-hydrogen) atoms. The number of imidazole rings is 1. The van der Waals surface area contributed by atoms with Crippen LogP contribution in [-0.2, 0) is 33.5 Å². The van der Waals surface area contributed by atoms with Crippen molar-refractivity contribution in [1.82, 2.24) is 18.7 Å². The van der Waals surface area contributed by atoms with Crippen molar-refractivity contribution in [3.63, 3.8) is 0 Å². The van der Waals surface area contributed by atoms with Gasteiger partial charge in [0.25, 0.3) is 0 Å². The van der Waals surface area contributed by atoms with Crippen LogP contribution in [0.25, 0.3) is 44.3 Å². The van der Waals surface area contributed by atoms with Crippen LogP contribution in [0.15, 0.2) is 134 Å². The summed E-state index contributed by atoms with van der Waals surface area (Å²) in [5, 5.41) is 2.21. The quantitative estimate of drug-likeness (QED) is 0.163. The molecular weight excluding hydrogens is 758 g/mol. The second-order valence-corrected chi connectivity index (χ2v) is 12.5. The van der Waals surface area contributed by atoms with Gasteiger partial charge in [-0.15, -0.1) is 29.7 Å². The van der Waals surface area contributed by atoms with Crippen molar-refractivity contribution in [1.29, 1.82) is 0 Å². The molecule has 0 saturated carbocycles. The predicted molar refractivity (Wildman–Crippen MR) is 190 cm³/mol. The molecule has 0 radical (unpaired) electrons. The standard InChI is InChI=1S/C41H34N5.Pt/c1-41(2,3)29-23-24-42-40(25-29)46-36-18-9-8-17-34(36)35-22-21-33(27-39(35)46)45(30-13-6-5-7-14-30)32-16-12-15-31(26-32)44-28-43(4)37-19-10-11-20-38(37)44;/h5-25,28H,1-4H3;/q-1;/i4D3;. The Morgan fingerprint density at radius 2 is 1.45 bits per heavy atom. The SMILES string of the molecule is [2H]C([2H])([2H])n1[cH+]n(-c2[c-]c(N(c3[c-]c4c(cc3)c3ccccc3n4-c3cc(C(C)(C)C)ccn3)c3ccccc3)ccc2)c2ccccc21.[Pt]. The van der Waals surface area contributed by atoms with Crippen molar-refractivity contribution in [2.75, 3.05) is 4.90 Å². The number of aryl methyl sites for hydroxylation is 1. The molecule has 0 saturated heterocycles. The first-order chi connectivity index (χ1) is 23.6. The number of para-hydroxylation sites is 4. The topological polar surface area (TPSA) is 30.9 Å². The molecule has 0 unspecified atom stereocenters. The van der Waals surface area contributed by atoms with Crippen LogP contribution in [0.3, 0.4) is 0 Å². The van der Waals surface area contributed by atoms with Crippen LogP contribution in [-0.4, -0.2) is 18.7 Å². The second kappa shape index (κ2) is 12.0. The average Bonchev–Trinajstić information content (AvgIpc) is 3.65. The molecule has 0 bridgehead atoms. The summed E-state index contributed by atoms with van der Waals surface area (Å²) in [6.45, 7) is 4.31. The Balaban J connectivity index is 0.00000392. The molecule has 0 N–H and O–H groups in total. The van der Waals surface area contributed by atoms with E-state index in [1.807, 2.05) is 71.4 Å². The summed E-state index contributed by atoms with van der Waals surface area (Å²) in [4.78, 5) is 6.99. The summed E-state index contributed by atoms with van der Waals surface area (Å²) in [7, 11) is 0. The van der Waals surface area contributed by atoms with Gasteiger partial charge in [0.05, 0.1) is 0 Å². The van der Waals surface area contributed by atoms with Gasteiger partial charge in [-0.25, -0.2) is 14.1 Å². The number of hydrogen-bond acceptors (Lipinski definition) is 2. The molecule has 3 aromatic heterocycles. The Labute approximate surface area is 293 Å². The molecular formula is C41H34N5Pt-. The van der Waals surface area contributed by atoms with Gasteiger partial charge in [0.15, 0.2) is 17.4 Å². The Bertz CT molecular complexity index is 2490. The van der Waals surface area contributed by atoms with Crippen LogP contribution in [0.4, 0.5) is 17.1 Å². The van der Waals surface area contributed by atoms with Crippen LogP contribution >= 0.6 is 0 Å². The van der Waals surface area contributed by atoms with E-state index in [1.165, 1.54) is 10.1 Å². The summed E-state index contributed by atoms with van der Waals surface area (Å²) < 4.78 is 29.9. The van der Waals surface area contributed by atoms with Crippen LogP contribution in [0, 0.1) is 12.1 Å². The molecule has 8 rings (SSSR count). The fourth-order valence-electron chi connectivity index (χ4n) is 6.26. The Morgan fingerprint density at radius 3 is 2.23 bits per heavy atom. The van der Waals surface area contributed by atoms with E-state index in [9.17, 15) is 0 Å². The van der Waals surface area contributed by atoms with Gasteiger partial charge in [-0.3, -0.25) is 0 Å². The molecule has 5 nitrogen and oxygen atoms in total. The molecule has 6 heteroatoms. The minimum Gasteiger partial charge on any atom is -0.358 e. The number of pyridine rings is 1. The normalized spacial score (nSPS) is 12.9. The Hall–Kier alpha value is -4.99. The van der Waals surface area contributed by atoms with Crippen molar-refractivity contribution in [2.45, 2.75) is 26.2 Å². The Morgan fingerprint density at radius 1 is 0.723 bits per heavy atom. The summed E-state index contributed by atoms with van der Waals surface area (Å²) in [6, 6.07) is 47.9. The molecule has 0 fully saturated rings. The van der Waals surface area contributed by atoms with E-state index in [0.29, 0.717) is 5.52 Å². The largest absolute Gasteiger partial charge is 0.358 e. The summed E-state index contributed by atoms with van der Waals surface area (Å²) in [5.74, 6) is 0.842. The van der Waals surface area contributed by atoms with Gasteiger partial charge in [-0.05, 0) is 58.8 Å². The first-order valence-corrected chi connectivity index (χ1v) is 15.4. The zero-order valence-corrected chi connectivity index (χ0v) is 28.5. The number of hydrogen-bond donors (Lipinski definition) is 0. The minimum absolute atomic E-state index is 0. The second-order valence-electron chi connectivity index (χ2n) is 12.5. The molecule has 0 aliphatic carbocycles. The van der Waals surface area contributed by atoms with E-state index >= 15 is 0 Å². The van der Waals surface area contributed by atoms with Gasteiger partial charge in [-0.2, -0.15) is 12.1 Å². The van der Waals surface area contributed by atoms with E-state index in [1.54, 1.807) is 6.33 Å². The number of anilines is 3. The third kappa shape index (κ3) is 5.35. The first-order valence-electron chi connectivity index (χ1n) is 16.9. The van der Waals surface area contributed by atoms with Crippen LogP contribution in [0.5, 0.6) is 0 Å². The van der Waals surface area contributed by atoms with Crippen molar-refractivity contribution in [3.05, 3.63) is 152 Å². The summed E-state index contributed by atoms with van der Waals surface area (Å²) in [5.41, 5.74) is 7.83. The van der Waals surface area contributed by atoms with E-state index in [4.69, 9.17) is 9.10 Å². The number of rotatable bonds is 5. The van der Waals surface area contributed by atoms with Gasteiger partial charge >= 0.3 is 0 Å². The van der Waals surface area contributed by atoms with Gasteiger partial charge in [0.1, 0.15) is 5.82 Å². The van der Waals surface area contributed by atoms with E-state index in [-0.39, 0.29) is 26.5 Å². The maximum atomic E-state index is 8.15. The summed E-state index contributed by atoms with van der Waals surface area (Å²) >= 11 is 0. The number of benzene rings is 5. The van der Waals surface area contributed by atoms with E-state index < -0.39 is 6.98 Å². The zero-order valence-electron chi connectivity index (χ0n) is 29.3. The smallest absolute Gasteiger partial charge is 0.188 e. The van der Waals surface area contributed by atoms with Crippen molar-refractivity contribution < 1.29 is 25.2 Å². The van der Waals surface area contributed by atoms with Crippen molar-refractivity contribution in [3.8, 4) is 11.5 Å². The van der Waals surface area contributed by atoms with Gasteiger partial charge in [0, 0.05) is 67.4 Å². The molecule has 8 aromatic rings. The molecule has 0 aliphatic rings. The summed E-state index contributed by atoms with van der Waals surface area (Å²) in [6.07, 6.45) is 3.52. The number of fused-ring (bicyclic) bond motifs is 4. The van der Waals surface area contributed by atoms with Gasteiger partial charge in [-0.1, -0.05) is 80.1 Å². The van der Waals surface area contributed by atoms with Crippen LogP contribution < -0.4 is 4.90 Å². The van der Waals surface area contributed by atoms with Crippen molar-refractivity contribution in [2.24, 2.45) is 6.98 Å². The molecule has 0 amide bonds. The van der Waals surface area contributed by atoms with E-state index in [2.05, 4.69) is 103 Å². The molecule has 0 atom stereocenters. The molecule has 0 aliphatic heterocycles. The maximum Gasteiger partial charge on any atom is 0.188 e. The predicted octanol–water partition coefficient (Wildman–Crippen LogP) is 10.1. The van der Waals surface area contributed by atoms with Crippen LogP contribution in [0.2, 0.25) is 0 Å². The van der Waals surface area contributed by atoms with Gasteiger partial charge < -0.3 is 9.47 Å². The number of nitrogens with zero attached hydrogens (tertiary/aromatic N) is 5. The number of aromatic nitrogens is 4.